The minimum atomic E-state index is -3.62. The number of nitrogens with zero attached hydrogens (tertiary/aromatic N) is 4. The van der Waals surface area contributed by atoms with Gasteiger partial charge in [-0.3, -0.25) is 19.5 Å². The van der Waals surface area contributed by atoms with Crippen LogP contribution in [0.4, 0.5) is 11.4 Å². The normalized spacial score (nSPS) is 12.2. The molecule has 0 spiro atoms. The molecule has 0 saturated carbocycles. The Morgan fingerprint density at radius 3 is 1.12 bits per heavy atom. The summed E-state index contributed by atoms with van der Waals surface area (Å²) >= 11 is 0. The third kappa shape index (κ3) is 43.5. The smallest absolute Gasteiger partial charge is 0.264 e. The zero-order valence-electron chi connectivity index (χ0n) is 67.9. The van der Waals surface area contributed by atoms with Crippen molar-refractivity contribution >= 4 is 21.4 Å². The predicted molar refractivity (Wildman–Crippen MR) is 435 cm³/mol. The number of unbranched alkanes of at least 4 members (excludes halogenated alkanes) is 21. The minimum Gasteiger partial charge on any atom is -1.00 e. The highest BCUT2D eigenvalue weighted by Crippen LogP contribution is 2.29. The van der Waals surface area contributed by atoms with Crippen LogP contribution in [0.15, 0.2) is 138 Å². The van der Waals surface area contributed by atoms with Crippen molar-refractivity contribution in [1.82, 2.24) is 5.48 Å². The topological polar surface area (TPSA) is 79.9 Å². The molecule has 0 aliphatic rings. The number of hydroxylamine groups is 1. The van der Waals surface area contributed by atoms with Crippen molar-refractivity contribution in [1.29, 1.82) is 0 Å². The number of rotatable bonds is 57. The largest absolute Gasteiger partial charge is 1.00 e. The lowest BCUT2D eigenvalue weighted by atomic mass is 10.0. The maximum atomic E-state index is 13.7. The van der Waals surface area contributed by atoms with Crippen molar-refractivity contribution in [3.05, 3.63) is 161 Å². The van der Waals surface area contributed by atoms with E-state index in [4.69, 9.17) is 9.68 Å². The predicted octanol–water partition coefficient (Wildman–Crippen LogP) is 15.2. The summed E-state index contributed by atoms with van der Waals surface area (Å²) in [6, 6.07) is 44.6. The van der Waals surface area contributed by atoms with Gasteiger partial charge in [0.15, 0.2) is 0 Å². The van der Waals surface area contributed by atoms with E-state index in [1.165, 1.54) is 264 Å². The van der Waals surface area contributed by atoms with Crippen molar-refractivity contribution in [3.63, 3.8) is 0 Å². The monoisotopic (exact) mass is 1780 g/mol. The van der Waals surface area contributed by atoms with Crippen LogP contribution in [0.1, 0.15) is 301 Å². The molecule has 590 valence electrons. The van der Waals surface area contributed by atoms with Gasteiger partial charge in [0, 0.05) is 19.5 Å². The molecule has 0 bridgehead atoms. The third-order valence-electron chi connectivity index (χ3n) is 21.5. The Labute approximate surface area is 686 Å². The molecule has 0 aromatic heterocycles. The van der Waals surface area contributed by atoms with Crippen LogP contribution in [-0.2, 0) is 19.7 Å². The van der Waals surface area contributed by atoms with E-state index in [0.29, 0.717) is 11.4 Å². The van der Waals surface area contributed by atoms with Crippen LogP contribution in [0.3, 0.4) is 0 Å². The van der Waals surface area contributed by atoms with E-state index < -0.39 is 10.0 Å². The van der Waals surface area contributed by atoms with Crippen LogP contribution in [0.25, 0.3) is 0 Å². The average Bonchev–Trinajstić information content (AvgIpc) is 0.796. The Morgan fingerprint density at radius 1 is 0.369 bits per heavy atom. The fourth-order valence-corrected chi connectivity index (χ4v) is 15.6. The van der Waals surface area contributed by atoms with Gasteiger partial charge >= 0.3 is 0 Å². The van der Waals surface area contributed by atoms with E-state index >= 15 is 0 Å². The van der Waals surface area contributed by atoms with Gasteiger partial charge in [-0.15, -0.1) is 0 Å². The van der Waals surface area contributed by atoms with E-state index in [2.05, 4.69) is 143 Å². The van der Waals surface area contributed by atoms with Gasteiger partial charge in [0.05, 0.1) is 95.3 Å². The fourth-order valence-electron chi connectivity index (χ4n) is 14.1. The maximum Gasteiger partial charge on any atom is 0.264 e. The molecule has 2 N–H and O–H groups in total. The summed E-state index contributed by atoms with van der Waals surface area (Å²) < 4.78 is 32.6. The lowest BCUT2D eigenvalue weighted by Gasteiger charge is -2.39. The van der Waals surface area contributed by atoms with Crippen molar-refractivity contribution in [2.24, 2.45) is 0 Å². The number of quaternary nitrogens is 3. The lowest BCUT2D eigenvalue weighted by molar-refractivity contribution is -0.927. The number of halogens is 3. The van der Waals surface area contributed by atoms with E-state index in [9.17, 15) is 8.42 Å². The molecule has 5 aromatic carbocycles. The molecule has 14 heteroatoms. The Balaban J connectivity index is 0.00000152. The number of anilines is 2. The highest BCUT2D eigenvalue weighted by Gasteiger charge is 2.29. The first-order valence-electron chi connectivity index (χ1n) is 41.2. The zero-order valence-corrected chi connectivity index (χ0v) is 75.2. The molecule has 0 saturated heterocycles. The number of nitrogens with one attached hydrogen (secondary N) is 2. The van der Waals surface area contributed by atoms with E-state index in [1.807, 2.05) is 79.7 Å². The summed E-state index contributed by atoms with van der Waals surface area (Å²) in [6.07, 6.45) is 40.4. The zero-order chi connectivity index (χ0) is 72.8. The van der Waals surface area contributed by atoms with Crippen molar-refractivity contribution in [2.45, 2.75) is 299 Å². The second-order valence-corrected chi connectivity index (χ2v) is 31.7. The summed E-state index contributed by atoms with van der Waals surface area (Å²) in [6.45, 7) is 41.9. The molecular weight excluding hydrogens is 1630 g/mol. The van der Waals surface area contributed by atoms with Gasteiger partial charge in [-0.1, -0.05) is 258 Å². The van der Waals surface area contributed by atoms with Crippen molar-refractivity contribution in [2.75, 3.05) is 102 Å². The fraction of sp³-hybridized carbons (Fsp3) is 0.663. The first-order chi connectivity index (χ1) is 48.5. The average molecular weight is 1780 g/mol. The molecule has 0 aliphatic heterocycles. The molecule has 0 aliphatic carbocycles. The Hall–Kier alpha value is -2.40. The standard InChI is InChI=1S/C33H55N2O2S.C33H63N2O.C23H35N2O.3HI/c1-5-7-9-11-13-18-28-35(4,29-19-14-12-10-8-6-2)30-20-27-34(32-21-16-15-17-22-32)38(36,37)33-25-23-31(3)24-26-33;1-6-10-13-15-17-19-28-35(9-4,29-20-18-16-14-11-7-2)30-21-22-33(36-34-27-12-8-3)32-25-23-31(5)24-26-32;1-5-25(6-2,7-3)19-11-14-23(21-17-15-20(4)16-18-21)26-24-22-12-9-8-10-13-22;;;/h15-17,21-26H,5-14,18-20,27-30H2,1-4H3;23-26,33-34H,6-22,27-30H2,1-5H3;8-10,12-13,15-18,23-24H,5-7,11,14,19H2,1-4H3;3*1H/q3*+1;;;/p-3. The van der Waals surface area contributed by atoms with Gasteiger partial charge in [0.2, 0.25) is 0 Å². The second kappa shape index (κ2) is 62.4. The van der Waals surface area contributed by atoms with Crippen LogP contribution < -0.4 is 87.2 Å². The maximum absolute atomic E-state index is 13.7. The minimum absolute atomic E-state index is 0. The van der Waals surface area contributed by atoms with E-state index in [-0.39, 0.29) is 84.1 Å². The van der Waals surface area contributed by atoms with Gasteiger partial charge in [0.1, 0.15) is 12.2 Å². The number of sulfonamides is 1. The van der Waals surface area contributed by atoms with Crippen LogP contribution in [0, 0.1) is 20.8 Å². The van der Waals surface area contributed by atoms with Crippen molar-refractivity contribution < 1.29 is 103 Å². The van der Waals surface area contributed by atoms with Gasteiger partial charge in [-0.25, -0.2) is 13.9 Å². The third-order valence-corrected chi connectivity index (χ3v) is 23.4. The summed E-state index contributed by atoms with van der Waals surface area (Å²) in [5, 5.41) is 0. The summed E-state index contributed by atoms with van der Waals surface area (Å²) in [7, 11) is -1.22. The SMILES string of the molecule is CCCCCCCC[N+](C)(CCCCCCCC)CCCN(c1ccccc1)S(=O)(=O)c1ccc(C)cc1.CCCCCCCC[N+](CC)(CCCCCCCC)CCCC(ONCCCC)c1ccc(C)cc1.CC[N+](CC)(CC)CCCC(ONc1ccccc1)c1ccc(C)cc1.[I-].[I-].[I-]. The Morgan fingerprint density at radius 2 is 0.709 bits per heavy atom. The summed E-state index contributed by atoms with van der Waals surface area (Å²) in [5.41, 5.74) is 14.4. The van der Waals surface area contributed by atoms with Crippen LogP contribution >= 0.6 is 0 Å². The molecule has 0 heterocycles. The lowest BCUT2D eigenvalue weighted by Crippen LogP contribution is -3.00. The Kier molecular flexibility index (Phi) is 60.9. The molecule has 5 rings (SSSR count). The highest BCUT2D eigenvalue weighted by molar-refractivity contribution is 7.92. The molecule has 5 aromatic rings. The quantitative estimate of drug-likeness (QED) is 0.0175. The molecule has 0 amide bonds. The molecule has 10 nitrogen and oxygen atoms in total. The van der Waals surface area contributed by atoms with Crippen LogP contribution in [0.5, 0.6) is 0 Å². The summed E-state index contributed by atoms with van der Waals surface area (Å²) in [4.78, 5) is 12.7. The first kappa shape index (κ1) is 101. The summed E-state index contributed by atoms with van der Waals surface area (Å²) in [5.74, 6) is 0. The number of benzene rings is 5. The van der Waals surface area contributed by atoms with Gasteiger partial charge in [0.25, 0.3) is 10.0 Å². The first-order valence-corrected chi connectivity index (χ1v) is 42.7. The van der Waals surface area contributed by atoms with Gasteiger partial charge in [-0.05, 0) is 179 Å². The van der Waals surface area contributed by atoms with Crippen molar-refractivity contribution in [3.8, 4) is 0 Å². The number of para-hydroxylation sites is 2. The number of hydrogen-bond acceptors (Lipinski definition) is 6. The molecule has 2 unspecified atom stereocenters. The molecule has 2 atom stereocenters. The molecular formula is C89H153I3N6O4S. The molecule has 0 fully saturated rings. The van der Waals surface area contributed by atoms with Gasteiger partial charge in [-0.2, -0.15) is 0 Å². The van der Waals surface area contributed by atoms with E-state index in [1.54, 1.807) is 16.4 Å². The Bertz CT molecular complexity index is 2780. The van der Waals surface area contributed by atoms with E-state index in [0.717, 1.165) is 66.6 Å². The molecule has 0 radical (unpaired) electrons. The second-order valence-electron chi connectivity index (χ2n) is 29.8. The van der Waals surface area contributed by atoms with Crippen LogP contribution in [-0.4, -0.2) is 114 Å². The van der Waals surface area contributed by atoms with Gasteiger partial charge < -0.3 is 85.4 Å². The number of aryl methyl sites for hydroxylation is 3. The van der Waals surface area contributed by atoms with Crippen LogP contribution in [0.2, 0.25) is 0 Å². The number of hydrogen-bond donors (Lipinski definition) is 2. The highest BCUT2D eigenvalue weighted by atomic mass is 127. The molecule has 103 heavy (non-hydrogen) atoms.